The molecule has 1 aliphatic carbocycles. The van der Waals surface area contributed by atoms with Gasteiger partial charge in [0.2, 0.25) is 0 Å². The first kappa shape index (κ1) is 16.8. The summed E-state index contributed by atoms with van der Waals surface area (Å²) in [6.07, 6.45) is -2.19. The highest BCUT2D eigenvalue weighted by Crippen LogP contribution is 2.46. The third kappa shape index (κ3) is 3.08. The maximum absolute atomic E-state index is 12.9. The second-order valence-electron chi connectivity index (χ2n) is 5.08. The maximum Gasteiger partial charge on any atom is 0.412 e. The molecule has 0 fully saturated rings. The Morgan fingerprint density at radius 3 is 2.35 bits per heavy atom. The molecule has 0 aromatic carbocycles. The fourth-order valence-electron chi connectivity index (χ4n) is 2.20. The molecular formula is C14H18ClF3N2. The van der Waals surface area contributed by atoms with E-state index in [0.717, 1.165) is 6.08 Å². The Hall–Kier alpha value is -1.23. The molecule has 0 radical (unpaired) electrons. The first-order chi connectivity index (χ1) is 9.04. The van der Waals surface area contributed by atoms with Gasteiger partial charge in [-0.15, -0.1) is 0 Å². The fraction of sp³-hybridized carbons (Fsp3) is 0.500. The average molecular weight is 307 g/mol. The molecule has 20 heavy (non-hydrogen) atoms. The first-order valence-electron chi connectivity index (χ1n) is 6.08. The van der Waals surface area contributed by atoms with Crippen LogP contribution in [0.5, 0.6) is 0 Å². The summed E-state index contributed by atoms with van der Waals surface area (Å²) in [5.74, 6) is 0. The Morgan fingerprint density at radius 1 is 1.35 bits per heavy atom. The van der Waals surface area contributed by atoms with Crippen molar-refractivity contribution in [2.24, 2.45) is 16.1 Å². The second-order valence-corrected chi connectivity index (χ2v) is 5.44. The van der Waals surface area contributed by atoms with Crippen LogP contribution in [0.3, 0.4) is 0 Å². The molecular weight excluding hydrogens is 289 g/mol. The third-order valence-electron chi connectivity index (χ3n) is 3.91. The second kappa shape index (κ2) is 5.64. The molecule has 0 spiro atoms. The molecule has 1 rings (SSSR count). The van der Waals surface area contributed by atoms with Gasteiger partial charge in [-0.05, 0) is 38.8 Å². The van der Waals surface area contributed by atoms with Crippen LogP contribution in [0.15, 0.2) is 39.6 Å². The predicted molar refractivity (Wildman–Crippen MR) is 76.7 cm³/mol. The number of hydrogen-bond donors (Lipinski definition) is 1. The van der Waals surface area contributed by atoms with Crippen LogP contribution in [0, 0.1) is 5.41 Å². The van der Waals surface area contributed by atoms with Gasteiger partial charge in [0.1, 0.15) is 5.17 Å². The monoisotopic (exact) mass is 306 g/mol. The van der Waals surface area contributed by atoms with Crippen LogP contribution >= 0.6 is 11.6 Å². The van der Waals surface area contributed by atoms with Gasteiger partial charge in [-0.3, -0.25) is 4.99 Å². The lowest BCUT2D eigenvalue weighted by atomic mass is 9.71. The van der Waals surface area contributed by atoms with Gasteiger partial charge in [-0.1, -0.05) is 23.3 Å². The summed E-state index contributed by atoms with van der Waals surface area (Å²) in [5.41, 5.74) is 6.16. The molecule has 0 saturated heterocycles. The van der Waals surface area contributed by atoms with Crippen molar-refractivity contribution in [2.45, 2.75) is 33.4 Å². The van der Waals surface area contributed by atoms with Crippen molar-refractivity contribution in [3.8, 4) is 0 Å². The van der Waals surface area contributed by atoms with Crippen molar-refractivity contribution in [1.29, 1.82) is 0 Å². The lowest BCUT2D eigenvalue weighted by molar-refractivity contribution is -0.0962. The topological polar surface area (TPSA) is 38.4 Å². The number of aliphatic imine (C=N–C) groups is 1. The van der Waals surface area contributed by atoms with E-state index in [9.17, 15) is 13.2 Å². The largest absolute Gasteiger partial charge is 0.412 e. The lowest BCUT2D eigenvalue weighted by Crippen LogP contribution is -2.33. The Morgan fingerprint density at radius 2 is 1.90 bits per heavy atom. The zero-order chi connectivity index (χ0) is 15.7. The van der Waals surface area contributed by atoms with Crippen LogP contribution in [0.2, 0.25) is 0 Å². The van der Waals surface area contributed by atoms with Gasteiger partial charge in [0.25, 0.3) is 0 Å². The molecule has 2 nitrogen and oxygen atoms in total. The van der Waals surface area contributed by atoms with Crippen LogP contribution in [0.4, 0.5) is 13.2 Å². The van der Waals surface area contributed by atoms with Crippen molar-refractivity contribution >= 4 is 16.8 Å². The van der Waals surface area contributed by atoms with E-state index in [4.69, 9.17) is 17.3 Å². The van der Waals surface area contributed by atoms with E-state index >= 15 is 0 Å². The lowest BCUT2D eigenvalue weighted by Gasteiger charge is -2.36. The van der Waals surface area contributed by atoms with Crippen molar-refractivity contribution in [3.05, 3.63) is 34.6 Å². The van der Waals surface area contributed by atoms with Crippen LogP contribution in [0.1, 0.15) is 27.2 Å². The number of allylic oxidation sites excluding steroid dienone is 5. The summed E-state index contributed by atoms with van der Waals surface area (Å²) in [7, 11) is 1.53. The van der Waals surface area contributed by atoms with E-state index in [0.29, 0.717) is 16.8 Å². The summed E-state index contributed by atoms with van der Waals surface area (Å²) in [5, 5.41) is 0.277. The molecule has 0 aliphatic heterocycles. The molecule has 112 valence electrons. The molecule has 0 saturated carbocycles. The highest BCUT2D eigenvalue weighted by molar-refractivity contribution is 6.69. The van der Waals surface area contributed by atoms with E-state index in [-0.39, 0.29) is 11.6 Å². The number of alkyl halides is 3. The average Bonchev–Trinajstić information content (AvgIpc) is 2.38. The van der Waals surface area contributed by atoms with Gasteiger partial charge < -0.3 is 5.73 Å². The molecule has 1 aliphatic rings. The third-order valence-corrected chi connectivity index (χ3v) is 4.36. The van der Waals surface area contributed by atoms with Crippen molar-refractivity contribution in [3.63, 3.8) is 0 Å². The first-order valence-corrected chi connectivity index (χ1v) is 6.46. The molecule has 0 bridgehead atoms. The molecule has 1 unspecified atom stereocenters. The number of nitrogens with zero attached hydrogens (tertiary/aromatic N) is 1. The smallest absolute Gasteiger partial charge is 0.401 e. The Balaban J connectivity index is 3.32. The summed E-state index contributed by atoms with van der Waals surface area (Å²) >= 11 is 5.96. The van der Waals surface area contributed by atoms with Gasteiger partial charge >= 0.3 is 6.18 Å². The van der Waals surface area contributed by atoms with Gasteiger partial charge in [0, 0.05) is 23.7 Å². The Kier molecular flexibility index (Phi) is 4.74. The molecule has 0 aromatic heterocycles. The van der Waals surface area contributed by atoms with Crippen LogP contribution < -0.4 is 5.73 Å². The van der Waals surface area contributed by atoms with Crippen molar-refractivity contribution < 1.29 is 13.2 Å². The minimum absolute atomic E-state index is 0.199. The van der Waals surface area contributed by atoms with Crippen molar-refractivity contribution in [1.82, 2.24) is 0 Å². The quantitative estimate of drug-likeness (QED) is 0.758. The number of nitrogens with two attached hydrogens (primary N) is 1. The number of halogens is 4. The predicted octanol–water partition coefficient (Wildman–Crippen LogP) is 4.33. The normalized spacial score (nSPS) is 25.9. The summed E-state index contributed by atoms with van der Waals surface area (Å²) in [4.78, 5) is 3.86. The van der Waals surface area contributed by atoms with E-state index < -0.39 is 17.2 Å². The molecule has 2 N–H and O–H groups in total. The van der Waals surface area contributed by atoms with Gasteiger partial charge in [-0.2, -0.15) is 13.2 Å². The molecule has 0 aromatic rings. The Bertz CT molecular complexity index is 527. The van der Waals surface area contributed by atoms with Crippen molar-refractivity contribution in [2.75, 3.05) is 7.05 Å². The highest BCUT2D eigenvalue weighted by Gasteiger charge is 2.42. The van der Waals surface area contributed by atoms with Gasteiger partial charge in [0.05, 0.1) is 0 Å². The highest BCUT2D eigenvalue weighted by atomic mass is 35.5. The molecule has 0 amide bonds. The molecule has 6 heteroatoms. The SMILES string of the molecule is C/N=C(Cl)\C(C)=C(/C)C1(C)CC(C(F)(F)F)=CC=C1N. The Labute approximate surface area is 121 Å². The van der Waals surface area contributed by atoms with E-state index in [2.05, 4.69) is 4.99 Å². The maximum atomic E-state index is 12.9. The van der Waals surface area contributed by atoms with E-state index in [1.807, 2.05) is 0 Å². The minimum Gasteiger partial charge on any atom is -0.401 e. The zero-order valence-electron chi connectivity index (χ0n) is 11.9. The zero-order valence-corrected chi connectivity index (χ0v) is 12.7. The van der Waals surface area contributed by atoms with Crippen LogP contribution in [-0.2, 0) is 0 Å². The van der Waals surface area contributed by atoms with E-state index in [1.54, 1.807) is 20.8 Å². The minimum atomic E-state index is -4.35. The van der Waals surface area contributed by atoms with Gasteiger partial charge in [-0.25, -0.2) is 0 Å². The summed E-state index contributed by atoms with van der Waals surface area (Å²) in [6, 6.07) is 0. The van der Waals surface area contributed by atoms with Crippen LogP contribution in [-0.4, -0.2) is 18.4 Å². The van der Waals surface area contributed by atoms with Crippen LogP contribution in [0.25, 0.3) is 0 Å². The molecule has 0 heterocycles. The van der Waals surface area contributed by atoms with E-state index in [1.165, 1.54) is 13.1 Å². The summed E-state index contributed by atoms with van der Waals surface area (Å²) in [6.45, 7) is 5.16. The molecule has 1 atom stereocenters. The van der Waals surface area contributed by atoms with Gasteiger partial charge in [0.15, 0.2) is 0 Å². The number of hydrogen-bond acceptors (Lipinski definition) is 2. The fourth-order valence-corrected chi connectivity index (χ4v) is 2.34. The number of rotatable bonds is 2. The standard InChI is InChI=1S/C14H18ClF3N2/c1-8(12(15)20-4)9(2)13(3)7-10(14(16,17)18)5-6-11(13)19/h5-6H,7,19H2,1-4H3/b9-8+,20-12+. The summed E-state index contributed by atoms with van der Waals surface area (Å²) < 4.78 is 38.7.